The van der Waals surface area contributed by atoms with E-state index in [1.165, 1.54) is 19.3 Å². The van der Waals surface area contributed by atoms with E-state index in [0.717, 1.165) is 25.9 Å². The number of likely N-dealkylation sites (tertiary alicyclic amines) is 1. The van der Waals surface area contributed by atoms with E-state index >= 15 is 0 Å². The minimum atomic E-state index is 0.261. The molecule has 1 heterocycles. The first-order chi connectivity index (χ1) is 6.74. The molecule has 0 radical (unpaired) electrons. The average Bonchev–Trinajstić information content (AvgIpc) is 2.38. The molecular weight excluding hydrogens is 196 g/mol. The molecule has 0 aromatic heterocycles. The Labute approximate surface area is 91.3 Å². The first kappa shape index (κ1) is 11.9. The van der Waals surface area contributed by atoms with Crippen LogP contribution < -0.4 is 5.73 Å². The van der Waals surface area contributed by atoms with Crippen LogP contribution in [0.1, 0.15) is 32.1 Å². The molecule has 0 saturated carbocycles. The molecule has 0 spiro atoms. The lowest BCUT2D eigenvalue weighted by Crippen LogP contribution is -2.39. The van der Waals surface area contributed by atoms with Gasteiger partial charge in [-0.15, -0.1) is 0 Å². The monoisotopic (exact) mass is 216 g/mol. The number of rotatable bonds is 4. The minimum Gasteiger partial charge on any atom is -0.395 e. The number of aliphatic hydroxyl groups excluding tert-OH is 1. The number of nitrogens with two attached hydrogens (primary N) is 1. The molecule has 1 aliphatic rings. The lowest BCUT2D eigenvalue weighted by molar-refractivity contribution is 0.127. The maximum absolute atomic E-state index is 9.25. The summed E-state index contributed by atoms with van der Waals surface area (Å²) in [4.78, 5) is 2.90. The Morgan fingerprint density at radius 1 is 1.43 bits per heavy atom. The Morgan fingerprint density at radius 3 is 2.86 bits per heavy atom. The summed E-state index contributed by atoms with van der Waals surface area (Å²) < 4.78 is 0. The summed E-state index contributed by atoms with van der Waals surface area (Å²) in [6, 6.07) is 0.326. The van der Waals surface area contributed by atoms with Crippen LogP contribution in [0.25, 0.3) is 0 Å². The normalized spacial score (nSPS) is 24.5. The molecule has 0 amide bonds. The van der Waals surface area contributed by atoms with E-state index < -0.39 is 0 Å². The van der Waals surface area contributed by atoms with E-state index in [1.807, 2.05) is 0 Å². The van der Waals surface area contributed by atoms with E-state index in [2.05, 4.69) is 4.90 Å². The lowest BCUT2D eigenvalue weighted by atomic mass is 10.1. The molecule has 0 aliphatic carbocycles. The minimum absolute atomic E-state index is 0.261. The van der Waals surface area contributed by atoms with Crippen LogP contribution in [0.15, 0.2) is 0 Å². The standard InChI is InChI=1S/C10H20N2OS/c11-10(14)5-7-12-6-3-1-2-4-9(12)8-13/h9,13H,1-8H2,(H2,11,14). The second-order valence-electron chi connectivity index (χ2n) is 3.94. The molecule has 3 N–H and O–H groups in total. The summed E-state index contributed by atoms with van der Waals surface area (Å²) in [5, 5.41) is 9.25. The number of hydrogen-bond acceptors (Lipinski definition) is 3. The smallest absolute Gasteiger partial charge is 0.0740 e. The van der Waals surface area contributed by atoms with Crippen molar-refractivity contribution in [2.75, 3.05) is 19.7 Å². The first-order valence-corrected chi connectivity index (χ1v) is 5.78. The van der Waals surface area contributed by atoms with Gasteiger partial charge in [0.05, 0.1) is 11.6 Å². The Hall–Kier alpha value is -0.190. The molecule has 14 heavy (non-hydrogen) atoms. The van der Waals surface area contributed by atoms with Crippen LogP contribution >= 0.6 is 12.2 Å². The molecule has 0 aromatic rings. The van der Waals surface area contributed by atoms with Gasteiger partial charge in [0.25, 0.3) is 0 Å². The van der Waals surface area contributed by atoms with Gasteiger partial charge in [0, 0.05) is 19.0 Å². The van der Waals surface area contributed by atoms with Gasteiger partial charge in [0.1, 0.15) is 0 Å². The second-order valence-corrected chi connectivity index (χ2v) is 4.46. The molecule has 3 nitrogen and oxygen atoms in total. The maximum atomic E-state index is 9.25. The average molecular weight is 216 g/mol. The van der Waals surface area contributed by atoms with Crippen molar-refractivity contribution in [3.8, 4) is 0 Å². The molecule has 1 rings (SSSR count). The molecular formula is C10H20N2OS. The summed E-state index contributed by atoms with van der Waals surface area (Å²) in [7, 11) is 0. The molecule has 1 saturated heterocycles. The van der Waals surface area contributed by atoms with Gasteiger partial charge in [-0.05, 0) is 19.4 Å². The summed E-state index contributed by atoms with van der Waals surface area (Å²) in [5.41, 5.74) is 5.48. The molecule has 1 atom stereocenters. The zero-order chi connectivity index (χ0) is 10.4. The Bertz CT molecular complexity index is 187. The predicted octanol–water partition coefficient (Wildman–Crippen LogP) is 0.899. The third-order valence-corrected chi connectivity index (χ3v) is 3.06. The van der Waals surface area contributed by atoms with Crippen molar-refractivity contribution >= 4 is 17.2 Å². The molecule has 0 bridgehead atoms. The molecule has 1 aliphatic heterocycles. The molecule has 1 unspecified atom stereocenters. The van der Waals surface area contributed by atoms with Crippen molar-refractivity contribution in [2.45, 2.75) is 38.1 Å². The summed E-state index contributed by atoms with van der Waals surface area (Å²) in [6.07, 6.45) is 5.61. The molecule has 0 aromatic carbocycles. The SMILES string of the molecule is NC(=S)CCN1CCCCCC1CO. The Balaban J connectivity index is 2.39. The third kappa shape index (κ3) is 3.90. The zero-order valence-corrected chi connectivity index (χ0v) is 9.43. The highest BCUT2D eigenvalue weighted by Crippen LogP contribution is 2.16. The Kier molecular flexibility index (Phi) is 5.37. The van der Waals surface area contributed by atoms with E-state index in [-0.39, 0.29) is 6.61 Å². The maximum Gasteiger partial charge on any atom is 0.0740 e. The fraction of sp³-hybridized carbons (Fsp3) is 0.900. The van der Waals surface area contributed by atoms with Gasteiger partial charge in [-0.2, -0.15) is 0 Å². The number of hydrogen-bond donors (Lipinski definition) is 2. The van der Waals surface area contributed by atoms with Crippen LogP contribution in [0, 0.1) is 0 Å². The van der Waals surface area contributed by atoms with Crippen molar-refractivity contribution in [1.82, 2.24) is 4.90 Å². The van der Waals surface area contributed by atoms with Crippen LogP contribution in [0.2, 0.25) is 0 Å². The van der Waals surface area contributed by atoms with Gasteiger partial charge in [-0.25, -0.2) is 0 Å². The highest BCUT2D eigenvalue weighted by atomic mass is 32.1. The summed E-state index contributed by atoms with van der Waals surface area (Å²) >= 11 is 4.86. The van der Waals surface area contributed by atoms with Crippen LogP contribution in [0.3, 0.4) is 0 Å². The largest absolute Gasteiger partial charge is 0.395 e. The first-order valence-electron chi connectivity index (χ1n) is 5.37. The van der Waals surface area contributed by atoms with Crippen LogP contribution in [-0.2, 0) is 0 Å². The van der Waals surface area contributed by atoms with Crippen LogP contribution in [0.5, 0.6) is 0 Å². The fourth-order valence-corrected chi connectivity index (χ4v) is 2.08. The fourth-order valence-electron chi connectivity index (χ4n) is 1.99. The van der Waals surface area contributed by atoms with Gasteiger partial charge < -0.3 is 10.8 Å². The molecule has 4 heteroatoms. The number of nitrogens with zero attached hydrogens (tertiary/aromatic N) is 1. The van der Waals surface area contributed by atoms with E-state index in [4.69, 9.17) is 18.0 Å². The lowest BCUT2D eigenvalue weighted by Gasteiger charge is -2.28. The molecule has 82 valence electrons. The van der Waals surface area contributed by atoms with Crippen molar-refractivity contribution in [3.63, 3.8) is 0 Å². The van der Waals surface area contributed by atoms with E-state index in [1.54, 1.807) is 0 Å². The topological polar surface area (TPSA) is 49.5 Å². The molecule has 1 fully saturated rings. The zero-order valence-electron chi connectivity index (χ0n) is 8.61. The van der Waals surface area contributed by atoms with Gasteiger partial charge in [0.2, 0.25) is 0 Å². The highest BCUT2D eigenvalue weighted by molar-refractivity contribution is 7.80. The van der Waals surface area contributed by atoms with Crippen LogP contribution in [-0.4, -0.2) is 40.7 Å². The van der Waals surface area contributed by atoms with Crippen molar-refractivity contribution in [2.24, 2.45) is 5.73 Å². The van der Waals surface area contributed by atoms with Gasteiger partial charge in [-0.3, -0.25) is 4.90 Å². The van der Waals surface area contributed by atoms with Crippen molar-refractivity contribution in [3.05, 3.63) is 0 Å². The number of aliphatic hydroxyl groups is 1. The van der Waals surface area contributed by atoms with E-state index in [0.29, 0.717) is 11.0 Å². The van der Waals surface area contributed by atoms with Crippen LogP contribution in [0.4, 0.5) is 0 Å². The summed E-state index contributed by atoms with van der Waals surface area (Å²) in [5.74, 6) is 0. The van der Waals surface area contributed by atoms with Gasteiger partial charge in [-0.1, -0.05) is 25.1 Å². The highest BCUT2D eigenvalue weighted by Gasteiger charge is 2.19. The third-order valence-electron chi connectivity index (χ3n) is 2.86. The number of thiocarbonyl (C=S) groups is 1. The Morgan fingerprint density at radius 2 is 2.21 bits per heavy atom. The van der Waals surface area contributed by atoms with Gasteiger partial charge >= 0.3 is 0 Å². The van der Waals surface area contributed by atoms with Crippen molar-refractivity contribution in [1.29, 1.82) is 0 Å². The second kappa shape index (κ2) is 6.32. The predicted molar refractivity (Wildman–Crippen MR) is 62.3 cm³/mol. The van der Waals surface area contributed by atoms with E-state index in [9.17, 15) is 5.11 Å². The van der Waals surface area contributed by atoms with Crippen molar-refractivity contribution < 1.29 is 5.11 Å². The quantitative estimate of drug-likeness (QED) is 0.686. The van der Waals surface area contributed by atoms with Gasteiger partial charge in [0.15, 0.2) is 0 Å². The summed E-state index contributed by atoms with van der Waals surface area (Å²) in [6.45, 7) is 2.24.